The van der Waals surface area contributed by atoms with Gasteiger partial charge in [0.15, 0.2) is 18.1 Å². The summed E-state index contributed by atoms with van der Waals surface area (Å²) in [5.74, 6) is -3.42. The van der Waals surface area contributed by atoms with Crippen molar-refractivity contribution in [3.8, 4) is 0 Å². The van der Waals surface area contributed by atoms with E-state index in [1.165, 1.54) is 38.5 Å². The van der Waals surface area contributed by atoms with Crippen molar-refractivity contribution in [3.05, 3.63) is 12.2 Å². The molecule has 0 rings (SSSR count). The minimum absolute atomic E-state index is 0.171. The van der Waals surface area contributed by atoms with Crippen molar-refractivity contribution >= 4 is 17.9 Å². The molecule has 32 heavy (non-hydrogen) atoms. The van der Waals surface area contributed by atoms with Crippen molar-refractivity contribution in [3.63, 3.8) is 0 Å². The zero-order valence-electron chi connectivity index (χ0n) is 20.6. The summed E-state index contributed by atoms with van der Waals surface area (Å²) < 4.78 is -0.453. The summed E-state index contributed by atoms with van der Waals surface area (Å²) in [7, 11) is 0. The van der Waals surface area contributed by atoms with E-state index in [0.29, 0.717) is 6.42 Å². The molecule has 0 radical (unpaired) electrons. The second-order valence-electron chi connectivity index (χ2n) is 8.68. The van der Waals surface area contributed by atoms with E-state index in [0.717, 1.165) is 12.8 Å². The number of hydrogen-bond donors (Lipinski definition) is 3. The molecule has 0 aromatic heterocycles. The monoisotopic (exact) mass is 456 g/mol. The first-order valence-corrected chi connectivity index (χ1v) is 12.4. The number of hydrogen-bond acceptors (Lipinski definition) is 3. The number of carbonyl (C=O) groups is 3. The van der Waals surface area contributed by atoms with Crippen LogP contribution in [0.5, 0.6) is 0 Å². The second kappa shape index (κ2) is 16.7. The number of unbranched alkanes of at least 4 members (excludes halogenated alkanes) is 7. The van der Waals surface area contributed by atoms with Gasteiger partial charge in [0.2, 0.25) is 0 Å². The van der Waals surface area contributed by atoms with Crippen LogP contribution in [0.15, 0.2) is 12.2 Å². The van der Waals surface area contributed by atoms with E-state index in [1.807, 2.05) is 6.08 Å². The third-order valence-corrected chi connectivity index (χ3v) is 6.58. The van der Waals surface area contributed by atoms with Crippen LogP contribution in [0.3, 0.4) is 0 Å². The maximum Gasteiger partial charge on any atom is 0.362 e. The van der Waals surface area contributed by atoms with Gasteiger partial charge in [0.1, 0.15) is 0 Å². The van der Waals surface area contributed by atoms with Crippen LogP contribution in [0.25, 0.3) is 0 Å². The Hall–Kier alpha value is -1.89. The number of nitrogens with zero attached hydrogens (tertiary/aromatic N) is 1. The third kappa shape index (κ3) is 8.93. The maximum atomic E-state index is 12.1. The van der Waals surface area contributed by atoms with E-state index >= 15 is 0 Å². The van der Waals surface area contributed by atoms with E-state index in [9.17, 15) is 29.7 Å². The van der Waals surface area contributed by atoms with Crippen LogP contribution < -0.4 is 0 Å². The molecule has 0 aliphatic carbocycles. The number of aliphatic carboxylic acids is 3. The van der Waals surface area contributed by atoms with E-state index in [-0.39, 0.29) is 25.8 Å². The predicted octanol–water partition coefficient (Wildman–Crippen LogP) is 5.48. The van der Waals surface area contributed by atoms with Gasteiger partial charge in [-0.3, -0.25) is 4.48 Å². The van der Waals surface area contributed by atoms with Crippen molar-refractivity contribution in [2.24, 2.45) is 0 Å². The predicted molar refractivity (Wildman–Crippen MR) is 127 cm³/mol. The van der Waals surface area contributed by atoms with Crippen LogP contribution in [-0.2, 0) is 14.4 Å². The van der Waals surface area contributed by atoms with Gasteiger partial charge in [-0.05, 0) is 12.8 Å². The van der Waals surface area contributed by atoms with E-state index in [2.05, 4.69) is 13.0 Å². The van der Waals surface area contributed by atoms with Crippen molar-refractivity contribution in [1.82, 2.24) is 0 Å². The van der Waals surface area contributed by atoms with Gasteiger partial charge >= 0.3 is 17.9 Å². The lowest BCUT2D eigenvalue weighted by molar-refractivity contribution is -0.972. The Labute approximate surface area is 194 Å². The second-order valence-corrected chi connectivity index (χ2v) is 8.68. The number of carboxylic acids is 3. The fraction of sp³-hybridized carbons (Fsp3) is 0.800. The highest BCUT2D eigenvalue weighted by Crippen LogP contribution is 2.32. The molecule has 0 fully saturated rings. The van der Waals surface area contributed by atoms with Crippen molar-refractivity contribution in [2.45, 2.75) is 123 Å². The van der Waals surface area contributed by atoms with Gasteiger partial charge in [-0.15, -0.1) is 0 Å². The number of allylic oxidation sites excluding steroid dienone is 1. The SMILES string of the molecule is CCCCCCCCC/C=C/CC[N+](C(CC)C(=O)O)(C(CC)C(=O)O)C(CC)C(=O)O. The quantitative estimate of drug-likeness (QED) is 0.127. The molecule has 0 aliphatic heterocycles. The molecule has 0 bridgehead atoms. The largest absolute Gasteiger partial charge is 0.477 e. The maximum absolute atomic E-state index is 12.1. The summed E-state index contributed by atoms with van der Waals surface area (Å²) in [4.78, 5) is 36.4. The van der Waals surface area contributed by atoms with Gasteiger partial charge in [-0.25, -0.2) is 14.4 Å². The zero-order valence-corrected chi connectivity index (χ0v) is 20.6. The molecular formula is C25H46NO6+. The summed E-state index contributed by atoms with van der Waals surface area (Å²) in [5.41, 5.74) is 0. The first-order chi connectivity index (χ1) is 15.2. The number of quaternary nitrogens is 1. The minimum Gasteiger partial charge on any atom is -0.477 e. The molecule has 0 amide bonds. The topological polar surface area (TPSA) is 112 Å². The summed E-state index contributed by atoms with van der Waals surface area (Å²) in [6.07, 6.45) is 14.5. The molecule has 3 N–H and O–H groups in total. The number of rotatable bonds is 20. The van der Waals surface area contributed by atoms with Crippen molar-refractivity contribution in [2.75, 3.05) is 6.54 Å². The third-order valence-electron chi connectivity index (χ3n) is 6.58. The van der Waals surface area contributed by atoms with Crippen LogP contribution in [-0.4, -0.2) is 62.4 Å². The highest BCUT2D eigenvalue weighted by atomic mass is 16.4. The van der Waals surface area contributed by atoms with E-state index in [1.54, 1.807) is 20.8 Å². The fourth-order valence-electron chi connectivity index (χ4n) is 5.03. The first kappa shape index (κ1) is 30.1. The average molecular weight is 457 g/mol. The Morgan fingerprint density at radius 3 is 1.38 bits per heavy atom. The summed E-state index contributed by atoms with van der Waals surface area (Å²) >= 11 is 0. The minimum atomic E-state index is -1.14. The lowest BCUT2D eigenvalue weighted by Gasteiger charge is -2.49. The van der Waals surface area contributed by atoms with Crippen LogP contribution in [0, 0.1) is 0 Å². The van der Waals surface area contributed by atoms with Gasteiger partial charge in [0.25, 0.3) is 0 Å². The Morgan fingerprint density at radius 2 is 1.00 bits per heavy atom. The van der Waals surface area contributed by atoms with Crippen LogP contribution in [0.1, 0.15) is 105 Å². The lowest BCUT2D eigenvalue weighted by Crippen LogP contribution is -2.72. The average Bonchev–Trinajstić information content (AvgIpc) is 2.72. The molecule has 0 spiro atoms. The lowest BCUT2D eigenvalue weighted by atomic mass is 9.94. The van der Waals surface area contributed by atoms with E-state index < -0.39 is 40.5 Å². The highest BCUT2D eigenvalue weighted by Gasteiger charge is 2.55. The molecule has 7 nitrogen and oxygen atoms in total. The standard InChI is InChI=1S/C25H45NO6/c1-5-9-10-11-12-13-14-15-16-17-18-19-26(20(6-2)23(27)28,21(7-3)24(29)30)22(8-4)25(31)32/h16-17,20-22H,5-15,18-19H2,1-4H3,(H2-,27,28,29,30,31,32)/p+1/b17-16+. The molecule has 7 heteroatoms. The molecule has 186 valence electrons. The molecule has 0 aliphatic rings. The zero-order chi connectivity index (χ0) is 24.6. The fourth-order valence-corrected chi connectivity index (χ4v) is 5.03. The van der Waals surface area contributed by atoms with Gasteiger partial charge in [-0.2, -0.15) is 0 Å². The summed E-state index contributed by atoms with van der Waals surface area (Å²) in [5, 5.41) is 29.8. The molecule has 0 heterocycles. The normalized spacial score (nSPS) is 16.4. The highest BCUT2D eigenvalue weighted by molar-refractivity contribution is 5.78. The van der Waals surface area contributed by atoms with Gasteiger partial charge < -0.3 is 15.3 Å². The molecule has 3 atom stereocenters. The van der Waals surface area contributed by atoms with Crippen molar-refractivity contribution in [1.29, 1.82) is 0 Å². The van der Waals surface area contributed by atoms with Gasteiger partial charge in [0, 0.05) is 25.7 Å². The Kier molecular flexibility index (Phi) is 15.7. The number of carboxylic acid groups (broad SMARTS) is 3. The van der Waals surface area contributed by atoms with Crippen LogP contribution >= 0.6 is 0 Å². The molecule has 0 saturated carbocycles. The molecule has 0 aromatic carbocycles. The molecular weight excluding hydrogens is 410 g/mol. The summed E-state index contributed by atoms with van der Waals surface area (Å²) in [6, 6.07) is -3.27. The molecule has 0 saturated heterocycles. The molecule has 0 aromatic rings. The summed E-state index contributed by atoms with van der Waals surface area (Å²) in [6.45, 7) is 7.44. The molecule has 3 unspecified atom stereocenters. The Bertz CT molecular complexity index is 534. The Morgan fingerprint density at radius 1 is 0.625 bits per heavy atom. The Balaban J connectivity index is 5.46. The van der Waals surface area contributed by atoms with Crippen LogP contribution in [0.2, 0.25) is 0 Å². The van der Waals surface area contributed by atoms with Gasteiger partial charge in [0.05, 0.1) is 6.54 Å². The van der Waals surface area contributed by atoms with Gasteiger partial charge in [-0.1, -0.05) is 78.4 Å². The van der Waals surface area contributed by atoms with Crippen molar-refractivity contribution < 1.29 is 34.2 Å². The first-order valence-electron chi connectivity index (χ1n) is 12.4. The smallest absolute Gasteiger partial charge is 0.362 e. The van der Waals surface area contributed by atoms with Crippen LogP contribution in [0.4, 0.5) is 0 Å². The van der Waals surface area contributed by atoms with E-state index in [4.69, 9.17) is 0 Å².